The van der Waals surface area contributed by atoms with Gasteiger partial charge in [-0.05, 0) is 56.6 Å². The van der Waals surface area contributed by atoms with Gasteiger partial charge < -0.3 is 10.0 Å². The summed E-state index contributed by atoms with van der Waals surface area (Å²) in [5.74, 6) is 0.402. The molecule has 2 saturated heterocycles. The van der Waals surface area contributed by atoms with E-state index in [2.05, 4.69) is 42.3 Å². The summed E-state index contributed by atoms with van der Waals surface area (Å²) in [6.45, 7) is 0. The Hall–Kier alpha value is -1.61. The molecule has 3 nitrogen and oxygen atoms in total. The predicted molar refractivity (Wildman–Crippen MR) is 87.9 cm³/mol. The molecule has 0 amide bonds. The van der Waals surface area contributed by atoms with Crippen molar-refractivity contribution in [2.45, 2.75) is 50.1 Å². The SMILES string of the molecule is CN1C2CC[C@@H]1C[C@H](c1ccccc1)C2CC/C=C/C(=O)O. The van der Waals surface area contributed by atoms with Gasteiger partial charge >= 0.3 is 5.97 Å². The van der Waals surface area contributed by atoms with Crippen LogP contribution in [0, 0.1) is 5.92 Å². The molecule has 4 atom stereocenters. The fourth-order valence-corrected chi connectivity index (χ4v) is 4.53. The van der Waals surface area contributed by atoms with E-state index in [0.717, 1.165) is 18.9 Å². The molecule has 1 N–H and O–H groups in total. The van der Waals surface area contributed by atoms with Crippen molar-refractivity contribution in [1.82, 2.24) is 4.90 Å². The molecule has 2 unspecified atom stereocenters. The van der Waals surface area contributed by atoms with Gasteiger partial charge in [-0.2, -0.15) is 0 Å². The van der Waals surface area contributed by atoms with Crippen LogP contribution in [0.25, 0.3) is 0 Å². The molecule has 2 aliphatic heterocycles. The predicted octanol–water partition coefficient (Wildman–Crippen LogP) is 3.67. The van der Waals surface area contributed by atoms with Crippen LogP contribution < -0.4 is 0 Å². The highest BCUT2D eigenvalue weighted by molar-refractivity contribution is 5.79. The zero-order valence-corrected chi connectivity index (χ0v) is 13.2. The summed E-state index contributed by atoms with van der Waals surface area (Å²) in [7, 11) is 2.27. The number of hydrogen-bond acceptors (Lipinski definition) is 2. The average molecular weight is 299 g/mol. The van der Waals surface area contributed by atoms with Crippen molar-refractivity contribution in [2.75, 3.05) is 7.05 Å². The number of carboxylic acids is 1. The minimum atomic E-state index is -0.846. The van der Waals surface area contributed by atoms with Crippen LogP contribution in [0.2, 0.25) is 0 Å². The number of rotatable bonds is 5. The highest BCUT2D eigenvalue weighted by atomic mass is 16.4. The van der Waals surface area contributed by atoms with E-state index in [-0.39, 0.29) is 0 Å². The number of carboxylic acid groups (broad SMARTS) is 1. The standard InChI is InChI=1S/C19H25NO2/c1-20-15-11-12-18(20)16(9-5-6-10-19(21)22)17(13-15)14-7-3-2-4-8-14/h2-4,6-8,10,15-18H,5,9,11-13H2,1H3,(H,21,22)/b10-6+/t15-,16?,17-,18?/m1/s1. The summed E-state index contributed by atoms with van der Waals surface area (Å²) in [6, 6.07) is 12.2. The molecule has 2 aliphatic rings. The molecule has 0 radical (unpaired) electrons. The molecule has 1 aromatic carbocycles. The Bertz CT molecular complexity index is 540. The van der Waals surface area contributed by atoms with Crippen molar-refractivity contribution in [1.29, 1.82) is 0 Å². The molecule has 0 aromatic heterocycles. The summed E-state index contributed by atoms with van der Waals surface area (Å²) in [6.07, 6.45) is 8.86. The number of aliphatic carboxylic acids is 1. The third-order valence-corrected chi connectivity index (χ3v) is 5.59. The quantitative estimate of drug-likeness (QED) is 0.843. The van der Waals surface area contributed by atoms with Gasteiger partial charge in [-0.1, -0.05) is 36.4 Å². The lowest BCUT2D eigenvalue weighted by Crippen LogP contribution is -2.45. The Kier molecular flexibility index (Phi) is 4.63. The van der Waals surface area contributed by atoms with Crippen molar-refractivity contribution < 1.29 is 9.90 Å². The molecule has 2 heterocycles. The second-order valence-corrected chi connectivity index (χ2v) is 6.70. The Morgan fingerprint density at radius 2 is 2.09 bits per heavy atom. The molecule has 2 bridgehead atoms. The Morgan fingerprint density at radius 3 is 2.82 bits per heavy atom. The average Bonchev–Trinajstić information content (AvgIpc) is 2.77. The molecule has 0 saturated carbocycles. The molecule has 3 rings (SSSR count). The second kappa shape index (κ2) is 6.66. The Balaban J connectivity index is 1.76. The zero-order valence-electron chi connectivity index (χ0n) is 13.2. The summed E-state index contributed by atoms with van der Waals surface area (Å²) < 4.78 is 0. The molecular formula is C19H25NO2. The number of carbonyl (C=O) groups is 1. The fourth-order valence-electron chi connectivity index (χ4n) is 4.53. The van der Waals surface area contributed by atoms with E-state index in [0.29, 0.717) is 17.9 Å². The highest BCUT2D eigenvalue weighted by Crippen LogP contribution is 2.47. The molecule has 22 heavy (non-hydrogen) atoms. The maximum Gasteiger partial charge on any atom is 0.327 e. The van der Waals surface area contributed by atoms with Gasteiger partial charge in [0, 0.05) is 18.2 Å². The molecule has 3 heteroatoms. The van der Waals surface area contributed by atoms with Crippen LogP contribution in [-0.2, 0) is 4.79 Å². The number of piperidine rings is 1. The van der Waals surface area contributed by atoms with Gasteiger partial charge in [0.2, 0.25) is 0 Å². The normalized spacial score (nSPS) is 31.7. The number of hydrogen-bond donors (Lipinski definition) is 1. The van der Waals surface area contributed by atoms with Crippen molar-refractivity contribution >= 4 is 5.97 Å². The van der Waals surface area contributed by atoms with E-state index in [9.17, 15) is 4.79 Å². The van der Waals surface area contributed by atoms with Gasteiger partial charge in [-0.15, -0.1) is 0 Å². The molecule has 2 fully saturated rings. The van der Waals surface area contributed by atoms with Crippen LogP contribution in [-0.4, -0.2) is 35.1 Å². The van der Waals surface area contributed by atoms with E-state index in [1.807, 2.05) is 6.08 Å². The lowest BCUT2D eigenvalue weighted by atomic mass is 9.74. The third kappa shape index (κ3) is 3.09. The van der Waals surface area contributed by atoms with E-state index < -0.39 is 5.97 Å². The van der Waals surface area contributed by atoms with Gasteiger partial charge in [-0.25, -0.2) is 4.79 Å². The van der Waals surface area contributed by atoms with Crippen LogP contribution in [0.5, 0.6) is 0 Å². The second-order valence-electron chi connectivity index (χ2n) is 6.70. The number of allylic oxidation sites excluding steroid dienone is 1. The van der Waals surface area contributed by atoms with Crippen LogP contribution in [0.3, 0.4) is 0 Å². The van der Waals surface area contributed by atoms with Crippen LogP contribution in [0.1, 0.15) is 43.6 Å². The Labute approximate surface area is 132 Å². The minimum absolute atomic E-state index is 0.619. The van der Waals surface area contributed by atoms with Gasteiger partial charge in [0.25, 0.3) is 0 Å². The first-order valence-corrected chi connectivity index (χ1v) is 8.33. The smallest absolute Gasteiger partial charge is 0.327 e. The van der Waals surface area contributed by atoms with Gasteiger partial charge in [-0.3, -0.25) is 0 Å². The first-order valence-electron chi connectivity index (χ1n) is 8.33. The lowest BCUT2D eigenvalue weighted by Gasteiger charge is -2.43. The molecular weight excluding hydrogens is 274 g/mol. The van der Waals surface area contributed by atoms with Crippen molar-refractivity contribution in [3.05, 3.63) is 48.0 Å². The summed E-state index contributed by atoms with van der Waals surface area (Å²) in [4.78, 5) is 13.2. The molecule has 0 spiro atoms. The van der Waals surface area contributed by atoms with Gasteiger partial charge in [0.1, 0.15) is 0 Å². The van der Waals surface area contributed by atoms with E-state index in [1.54, 1.807) is 0 Å². The summed E-state index contributed by atoms with van der Waals surface area (Å²) in [5.41, 5.74) is 1.46. The van der Waals surface area contributed by atoms with E-state index in [4.69, 9.17) is 5.11 Å². The van der Waals surface area contributed by atoms with E-state index >= 15 is 0 Å². The number of benzene rings is 1. The van der Waals surface area contributed by atoms with Crippen LogP contribution in [0.15, 0.2) is 42.5 Å². The molecule has 0 aliphatic carbocycles. The fraction of sp³-hybridized carbons (Fsp3) is 0.526. The third-order valence-electron chi connectivity index (χ3n) is 5.59. The summed E-state index contributed by atoms with van der Waals surface area (Å²) in [5, 5.41) is 8.73. The lowest BCUT2D eigenvalue weighted by molar-refractivity contribution is -0.131. The Morgan fingerprint density at radius 1 is 1.32 bits per heavy atom. The van der Waals surface area contributed by atoms with Gasteiger partial charge in [0.15, 0.2) is 0 Å². The number of fused-ring (bicyclic) bond motifs is 2. The van der Waals surface area contributed by atoms with Crippen LogP contribution >= 0.6 is 0 Å². The maximum absolute atomic E-state index is 10.6. The topological polar surface area (TPSA) is 40.5 Å². The monoisotopic (exact) mass is 299 g/mol. The number of nitrogens with zero attached hydrogens (tertiary/aromatic N) is 1. The van der Waals surface area contributed by atoms with Crippen molar-refractivity contribution in [3.63, 3.8) is 0 Å². The van der Waals surface area contributed by atoms with Crippen molar-refractivity contribution in [2.24, 2.45) is 5.92 Å². The maximum atomic E-state index is 10.6. The van der Waals surface area contributed by atoms with Crippen LogP contribution in [0.4, 0.5) is 0 Å². The summed E-state index contributed by atoms with van der Waals surface area (Å²) >= 11 is 0. The minimum Gasteiger partial charge on any atom is -0.478 e. The van der Waals surface area contributed by atoms with Gasteiger partial charge in [0.05, 0.1) is 0 Å². The van der Waals surface area contributed by atoms with Crippen molar-refractivity contribution in [3.8, 4) is 0 Å². The highest BCUT2D eigenvalue weighted by Gasteiger charge is 2.45. The molecule has 118 valence electrons. The zero-order chi connectivity index (χ0) is 15.5. The molecule has 1 aromatic rings. The largest absolute Gasteiger partial charge is 0.478 e. The van der Waals surface area contributed by atoms with E-state index in [1.165, 1.54) is 30.9 Å². The first-order chi connectivity index (χ1) is 10.7. The first kappa shape index (κ1) is 15.3.